The van der Waals surface area contributed by atoms with Crippen LogP contribution >= 0.6 is 11.6 Å². The molecule has 3 nitrogen and oxygen atoms in total. The molecule has 4 heteroatoms. The summed E-state index contributed by atoms with van der Waals surface area (Å²) in [5.41, 5.74) is 2.20. The van der Waals surface area contributed by atoms with Gasteiger partial charge in [-0.3, -0.25) is 0 Å². The molecule has 17 heavy (non-hydrogen) atoms. The van der Waals surface area contributed by atoms with Crippen molar-refractivity contribution in [3.8, 4) is 0 Å². The second kappa shape index (κ2) is 6.72. The van der Waals surface area contributed by atoms with E-state index < -0.39 is 0 Å². The van der Waals surface area contributed by atoms with Gasteiger partial charge in [-0.05, 0) is 31.5 Å². The number of nitrogens with one attached hydrogen (secondary N) is 1. The lowest BCUT2D eigenvalue weighted by atomic mass is 10.2. The summed E-state index contributed by atoms with van der Waals surface area (Å²) in [6.07, 6.45) is 0.968. The third kappa shape index (κ3) is 4.44. The Morgan fingerprint density at radius 2 is 2.12 bits per heavy atom. The van der Waals surface area contributed by atoms with Crippen molar-refractivity contribution in [1.82, 2.24) is 0 Å². The van der Waals surface area contributed by atoms with Crippen LogP contribution in [-0.2, 0) is 4.74 Å². The van der Waals surface area contributed by atoms with Crippen molar-refractivity contribution in [1.29, 1.82) is 0 Å². The van der Waals surface area contributed by atoms with E-state index in [0.29, 0.717) is 6.04 Å². The van der Waals surface area contributed by atoms with Crippen molar-refractivity contribution in [2.24, 2.45) is 0 Å². The summed E-state index contributed by atoms with van der Waals surface area (Å²) in [4.78, 5) is 2.07. The van der Waals surface area contributed by atoms with Crippen LogP contribution in [0.25, 0.3) is 0 Å². The van der Waals surface area contributed by atoms with Crippen molar-refractivity contribution < 1.29 is 4.74 Å². The molecule has 0 aliphatic heterocycles. The van der Waals surface area contributed by atoms with Crippen LogP contribution in [-0.4, -0.2) is 33.9 Å². The standard InChI is InChI=1S/C13H21ClN2O/c1-10(7-8-17-4)15-12-9-11(14)5-6-13(12)16(2)3/h5-6,9-10,15H,7-8H2,1-4H3. The molecule has 0 aliphatic rings. The molecule has 0 spiro atoms. The first-order valence-corrected chi connectivity index (χ1v) is 6.14. The van der Waals surface area contributed by atoms with Crippen molar-refractivity contribution in [3.05, 3.63) is 23.2 Å². The summed E-state index contributed by atoms with van der Waals surface area (Å²) < 4.78 is 5.08. The van der Waals surface area contributed by atoms with Crippen LogP contribution in [0.4, 0.5) is 11.4 Å². The highest BCUT2D eigenvalue weighted by Crippen LogP contribution is 2.28. The number of nitrogens with zero attached hydrogens (tertiary/aromatic N) is 1. The minimum Gasteiger partial charge on any atom is -0.385 e. The fourth-order valence-electron chi connectivity index (χ4n) is 1.65. The smallest absolute Gasteiger partial charge is 0.0597 e. The summed E-state index contributed by atoms with van der Waals surface area (Å²) in [7, 11) is 5.76. The number of halogens is 1. The summed E-state index contributed by atoms with van der Waals surface area (Å²) >= 11 is 6.03. The van der Waals surface area contributed by atoms with E-state index >= 15 is 0 Å². The average molecular weight is 257 g/mol. The third-order valence-corrected chi connectivity index (χ3v) is 2.83. The van der Waals surface area contributed by atoms with Crippen LogP contribution in [0.15, 0.2) is 18.2 Å². The number of methoxy groups -OCH3 is 1. The van der Waals surface area contributed by atoms with Gasteiger partial charge >= 0.3 is 0 Å². The van der Waals surface area contributed by atoms with Gasteiger partial charge < -0.3 is 15.0 Å². The zero-order valence-corrected chi connectivity index (χ0v) is 11.7. The molecule has 0 amide bonds. The summed E-state index contributed by atoms with van der Waals surface area (Å²) in [5.74, 6) is 0. The van der Waals surface area contributed by atoms with E-state index in [2.05, 4.69) is 17.1 Å². The Bertz CT molecular complexity index is 355. The molecule has 0 heterocycles. The second-order valence-corrected chi connectivity index (χ2v) is 4.82. The number of rotatable bonds is 6. The SMILES string of the molecule is COCCC(C)Nc1cc(Cl)ccc1N(C)C. The number of hydrogen-bond donors (Lipinski definition) is 1. The fourth-order valence-corrected chi connectivity index (χ4v) is 1.82. The molecular weight excluding hydrogens is 236 g/mol. The van der Waals surface area contributed by atoms with E-state index in [-0.39, 0.29) is 0 Å². The Labute approximate surface area is 109 Å². The molecule has 0 saturated carbocycles. The topological polar surface area (TPSA) is 24.5 Å². The van der Waals surface area contributed by atoms with Crippen LogP contribution in [0.5, 0.6) is 0 Å². The average Bonchev–Trinajstić information content (AvgIpc) is 2.26. The Hall–Kier alpha value is -0.930. The van der Waals surface area contributed by atoms with E-state index in [4.69, 9.17) is 16.3 Å². The molecule has 1 atom stereocenters. The van der Waals surface area contributed by atoms with Crippen LogP contribution in [0.3, 0.4) is 0 Å². The first-order valence-electron chi connectivity index (χ1n) is 5.77. The molecule has 0 saturated heterocycles. The first-order chi connectivity index (χ1) is 8.04. The van der Waals surface area contributed by atoms with Gasteiger partial charge in [0.2, 0.25) is 0 Å². The Kier molecular flexibility index (Phi) is 5.59. The van der Waals surface area contributed by atoms with Gasteiger partial charge in [0, 0.05) is 38.9 Å². The summed E-state index contributed by atoms with van der Waals surface area (Å²) in [5, 5.41) is 4.21. The number of hydrogen-bond acceptors (Lipinski definition) is 3. The highest BCUT2D eigenvalue weighted by molar-refractivity contribution is 6.31. The van der Waals surface area contributed by atoms with Crippen molar-refractivity contribution in [2.45, 2.75) is 19.4 Å². The van der Waals surface area contributed by atoms with Gasteiger partial charge in [-0.25, -0.2) is 0 Å². The zero-order chi connectivity index (χ0) is 12.8. The highest BCUT2D eigenvalue weighted by atomic mass is 35.5. The van der Waals surface area contributed by atoms with Gasteiger partial charge in [0.15, 0.2) is 0 Å². The Balaban J connectivity index is 2.77. The lowest BCUT2D eigenvalue weighted by Gasteiger charge is -2.22. The number of ether oxygens (including phenoxy) is 1. The first kappa shape index (κ1) is 14.1. The minimum atomic E-state index is 0.354. The van der Waals surface area contributed by atoms with Gasteiger partial charge in [0.25, 0.3) is 0 Å². The van der Waals surface area contributed by atoms with Crippen LogP contribution < -0.4 is 10.2 Å². The summed E-state index contributed by atoms with van der Waals surface area (Å²) in [6.45, 7) is 2.89. The van der Waals surface area contributed by atoms with Crippen molar-refractivity contribution in [3.63, 3.8) is 0 Å². The third-order valence-electron chi connectivity index (χ3n) is 2.60. The minimum absolute atomic E-state index is 0.354. The van der Waals surface area contributed by atoms with Gasteiger partial charge in [-0.2, -0.15) is 0 Å². The second-order valence-electron chi connectivity index (χ2n) is 4.38. The highest BCUT2D eigenvalue weighted by Gasteiger charge is 2.08. The van der Waals surface area contributed by atoms with E-state index in [1.54, 1.807) is 7.11 Å². The lowest BCUT2D eigenvalue weighted by molar-refractivity contribution is 0.191. The monoisotopic (exact) mass is 256 g/mol. The molecule has 0 bridgehead atoms. The molecule has 0 fully saturated rings. The number of benzene rings is 1. The normalized spacial score (nSPS) is 12.3. The largest absolute Gasteiger partial charge is 0.385 e. The summed E-state index contributed by atoms with van der Waals surface area (Å²) in [6, 6.07) is 6.24. The molecule has 96 valence electrons. The van der Waals surface area contributed by atoms with Crippen LogP contribution in [0.1, 0.15) is 13.3 Å². The molecule has 0 aromatic heterocycles. The Morgan fingerprint density at radius 1 is 1.41 bits per heavy atom. The maximum absolute atomic E-state index is 6.03. The van der Waals surface area contributed by atoms with Gasteiger partial charge in [-0.1, -0.05) is 11.6 Å². The molecule has 0 aliphatic carbocycles. The molecule has 1 aromatic rings. The van der Waals surface area contributed by atoms with Crippen molar-refractivity contribution >= 4 is 23.0 Å². The predicted octanol–water partition coefficient (Wildman–Crippen LogP) is 3.24. The molecule has 1 unspecified atom stereocenters. The van der Waals surface area contributed by atoms with Gasteiger partial charge in [0.1, 0.15) is 0 Å². The van der Waals surface area contributed by atoms with E-state index in [0.717, 1.165) is 29.4 Å². The van der Waals surface area contributed by atoms with E-state index in [1.165, 1.54) is 0 Å². The van der Waals surface area contributed by atoms with Gasteiger partial charge in [0.05, 0.1) is 11.4 Å². The van der Waals surface area contributed by atoms with E-state index in [9.17, 15) is 0 Å². The maximum atomic E-state index is 6.03. The molecule has 0 radical (unpaired) electrons. The van der Waals surface area contributed by atoms with Crippen LogP contribution in [0.2, 0.25) is 5.02 Å². The maximum Gasteiger partial charge on any atom is 0.0597 e. The fraction of sp³-hybridized carbons (Fsp3) is 0.538. The molecule has 1 rings (SSSR count). The zero-order valence-electron chi connectivity index (χ0n) is 11.0. The van der Waals surface area contributed by atoms with Crippen LogP contribution in [0, 0.1) is 0 Å². The molecule has 1 N–H and O–H groups in total. The molecular formula is C13H21ClN2O. The molecule has 1 aromatic carbocycles. The lowest BCUT2D eigenvalue weighted by Crippen LogP contribution is -2.20. The van der Waals surface area contributed by atoms with Gasteiger partial charge in [-0.15, -0.1) is 0 Å². The number of anilines is 2. The predicted molar refractivity (Wildman–Crippen MR) is 75.4 cm³/mol. The quantitative estimate of drug-likeness (QED) is 0.846. The van der Waals surface area contributed by atoms with Crippen molar-refractivity contribution in [2.75, 3.05) is 38.0 Å². The Morgan fingerprint density at radius 3 is 2.71 bits per heavy atom. The van der Waals surface area contributed by atoms with E-state index in [1.807, 2.05) is 32.3 Å².